The zero-order valence-corrected chi connectivity index (χ0v) is 18.8. The van der Waals surface area contributed by atoms with E-state index in [1.165, 1.54) is 11.1 Å². The molecular formula is C27H27N3O4. The van der Waals surface area contributed by atoms with E-state index in [4.69, 9.17) is 0 Å². The van der Waals surface area contributed by atoms with Gasteiger partial charge in [-0.2, -0.15) is 0 Å². The van der Waals surface area contributed by atoms with Gasteiger partial charge in [0.15, 0.2) is 0 Å². The number of phenolic OH excluding ortho intramolecular Hbond substituents is 1. The first-order valence-electron chi connectivity index (χ1n) is 11.5. The van der Waals surface area contributed by atoms with Gasteiger partial charge in [-0.1, -0.05) is 48.5 Å². The summed E-state index contributed by atoms with van der Waals surface area (Å²) in [5.74, 6) is 0.148. The van der Waals surface area contributed by atoms with Crippen LogP contribution in [0.1, 0.15) is 16.7 Å². The third-order valence-electron chi connectivity index (χ3n) is 6.48. The number of para-hydroxylation sites is 1. The predicted octanol–water partition coefficient (Wildman–Crippen LogP) is 2.34. The number of nitrogens with zero attached hydrogens (tertiary/aromatic N) is 3. The van der Waals surface area contributed by atoms with Crippen molar-refractivity contribution in [3.8, 4) is 5.75 Å². The lowest BCUT2D eigenvalue weighted by Crippen LogP contribution is -2.45. The number of benzene rings is 3. The van der Waals surface area contributed by atoms with Crippen LogP contribution in [-0.2, 0) is 26.1 Å². The number of β-amino-alcohol motifs (C(OH)–C–C–N with tert-alkyl or cyclic N) is 1. The van der Waals surface area contributed by atoms with Crippen LogP contribution in [-0.4, -0.2) is 43.4 Å². The van der Waals surface area contributed by atoms with Crippen LogP contribution in [0, 0.1) is 0 Å². The normalized spacial score (nSPS) is 14.7. The second-order valence-electron chi connectivity index (χ2n) is 8.88. The van der Waals surface area contributed by atoms with E-state index in [0.29, 0.717) is 17.4 Å². The number of aromatic nitrogens is 2. The maximum absolute atomic E-state index is 13.4. The van der Waals surface area contributed by atoms with Gasteiger partial charge in [0.2, 0.25) is 0 Å². The molecule has 5 rings (SSSR count). The third kappa shape index (κ3) is 4.40. The summed E-state index contributed by atoms with van der Waals surface area (Å²) in [6, 6.07) is 21.9. The van der Waals surface area contributed by atoms with Gasteiger partial charge in [-0.15, -0.1) is 0 Å². The van der Waals surface area contributed by atoms with Crippen molar-refractivity contribution < 1.29 is 10.2 Å². The number of hydrogen-bond donors (Lipinski definition) is 2. The van der Waals surface area contributed by atoms with Crippen LogP contribution >= 0.6 is 0 Å². The standard InChI is InChI=1S/C27H27N3O4/c31-22-11-9-19(10-12-22)15-29-25-8-4-3-7-24(25)26(33)30(27(29)34)18-23(32)17-28-14-13-20-5-1-2-6-21(20)16-28/h1-12,23,31-32H,13-18H2. The zero-order valence-electron chi connectivity index (χ0n) is 18.8. The predicted molar refractivity (Wildman–Crippen MR) is 131 cm³/mol. The van der Waals surface area contributed by atoms with Gasteiger partial charge < -0.3 is 10.2 Å². The summed E-state index contributed by atoms with van der Waals surface area (Å²) in [4.78, 5) is 28.8. The van der Waals surface area contributed by atoms with Crippen molar-refractivity contribution in [3.63, 3.8) is 0 Å². The number of aromatic hydroxyl groups is 1. The van der Waals surface area contributed by atoms with Crippen LogP contribution in [0.15, 0.2) is 82.4 Å². The minimum Gasteiger partial charge on any atom is -0.508 e. The Labute approximate surface area is 196 Å². The summed E-state index contributed by atoms with van der Waals surface area (Å²) < 4.78 is 2.69. The molecule has 1 aliphatic rings. The maximum atomic E-state index is 13.4. The number of fused-ring (bicyclic) bond motifs is 2. The summed E-state index contributed by atoms with van der Waals surface area (Å²) in [6.45, 7) is 2.12. The Morgan fingerprint density at radius 3 is 2.32 bits per heavy atom. The van der Waals surface area contributed by atoms with Crippen molar-refractivity contribution in [2.45, 2.75) is 32.2 Å². The number of rotatable bonds is 6. The first-order chi connectivity index (χ1) is 16.5. The fourth-order valence-corrected chi connectivity index (χ4v) is 4.75. The van der Waals surface area contributed by atoms with Gasteiger partial charge in [0, 0.05) is 19.6 Å². The fourth-order valence-electron chi connectivity index (χ4n) is 4.75. The molecule has 3 aromatic carbocycles. The molecule has 0 amide bonds. The molecule has 7 nitrogen and oxygen atoms in total. The summed E-state index contributed by atoms with van der Waals surface area (Å²) in [5, 5.41) is 20.9. The first-order valence-corrected chi connectivity index (χ1v) is 11.5. The van der Waals surface area contributed by atoms with Gasteiger partial charge >= 0.3 is 5.69 Å². The van der Waals surface area contributed by atoms with Crippen LogP contribution in [0.5, 0.6) is 5.75 Å². The van der Waals surface area contributed by atoms with Crippen LogP contribution in [0.3, 0.4) is 0 Å². The molecule has 34 heavy (non-hydrogen) atoms. The lowest BCUT2D eigenvalue weighted by molar-refractivity contribution is 0.0897. The first kappa shape index (κ1) is 22.1. The van der Waals surface area contributed by atoms with E-state index in [0.717, 1.165) is 29.6 Å². The average molecular weight is 458 g/mol. The van der Waals surface area contributed by atoms with Crippen molar-refractivity contribution >= 4 is 10.9 Å². The van der Waals surface area contributed by atoms with Gasteiger partial charge in [-0.3, -0.25) is 18.8 Å². The van der Waals surface area contributed by atoms with Gasteiger partial charge in [0.25, 0.3) is 5.56 Å². The molecule has 0 saturated carbocycles. The summed E-state index contributed by atoms with van der Waals surface area (Å²) in [7, 11) is 0. The Morgan fingerprint density at radius 2 is 1.53 bits per heavy atom. The largest absolute Gasteiger partial charge is 0.508 e. The fraction of sp³-hybridized carbons (Fsp3) is 0.259. The van der Waals surface area contributed by atoms with E-state index in [1.807, 2.05) is 12.1 Å². The highest BCUT2D eigenvalue weighted by atomic mass is 16.3. The van der Waals surface area contributed by atoms with Crippen molar-refractivity contribution in [2.75, 3.05) is 13.1 Å². The minimum absolute atomic E-state index is 0.0732. The molecule has 0 saturated heterocycles. The van der Waals surface area contributed by atoms with Gasteiger partial charge in [-0.05, 0) is 47.4 Å². The Bertz CT molecular complexity index is 1440. The van der Waals surface area contributed by atoms with Crippen LogP contribution in [0.25, 0.3) is 10.9 Å². The van der Waals surface area contributed by atoms with Gasteiger partial charge in [0.05, 0.1) is 30.1 Å². The number of aliphatic hydroxyl groups excluding tert-OH is 1. The Kier molecular flexibility index (Phi) is 6.04. The lowest BCUT2D eigenvalue weighted by atomic mass is 10.00. The molecule has 1 atom stereocenters. The molecule has 2 N–H and O–H groups in total. The summed E-state index contributed by atoms with van der Waals surface area (Å²) >= 11 is 0. The number of aliphatic hydroxyl groups is 1. The monoisotopic (exact) mass is 457 g/mol. The maximum Gasteiger partial charge on any atom is 0.331 e. The molecular weight excluding hydrogens is 430 g/mol. The Balaban J connectivity index is 1.43. The highest BCUT2D eigenvalue weighted by Gasteiger charge is 2.21. The molecule has 0 bridgehead atoms. The second kappa shape index (κ2) is 9.29. The van der Waals surface area contributed by atoms with E-state index >= 15 is 0 Å². The molecule has 1 unspecified atom stereocenters. The number of phenols is 1. The van der Waals surface area contributed by atoms with E-state index in [2.05, 4.69) is 17.0 Å². The molecule has 1 aliphatic heterocycles. The smallest absolute Gasteiger partial charge is 0.331 e. The lowest BCUT2D eigenvalue weighted by Gasteiger charge is -2.30. The van der Waals surface area contributed by atoms with E-state index in [1.54, 1.807) is 53.1 Å². The minimum atomic E-state index is -0.862. The second-order valence-corrected chi connectivity index (χ2v) is 8.88. The van der Waals surface area contributed by atoms with Crippen LogP contribution in [0.2, 0.25) is 0 Å². The molecule has 1 aromatic heterocycles. The average Bonchev–Trinajstić information content (AvgIpc) is 2.85. The third-order valence-corrected chi connectivity index (χ3v) is 6.48. The topological polar surface area (TPSA) is 87.7 Å². The van der Waals surface area contributed by atoms with Crippen LogP contribution < -0.4 is 11.2 Å². The Hall–Kier alpha value is -3.68. The van der Waals surface area contributed by atoms with Crippen molar-refractivity contribution in [2.24, 2.45) is 0 Å². The molecule has 0 radical (unpaired) electrons. The van der Waals surface area contributed by atoms with E-state index in [9.17, 15) is 19.8 Å². The van der Waals surface area contributed by atoms with Crippen LogP contribution in [0.4, 0.5) is 0 Å². The SMILES string of the molecule is O=c1c2ccccc2n(Cc2ccc(O)cc2)c(=O)n1CC(O)CN1CCc2ccccc2C1. The molecule has 4 aromatic rings. The summed E-state index contributed by atoms with van der Waals surface area (Å²) in [5.41, 5.74) is 3.09. The molecule has 0 spiro atoms. The number of hydrogen-bond acceptors (Lipinski definition) is 5. The molecule has 174 valence electrons. The van der Waals surface area contributed by atoms with Crippen molar-refractivity contribution in [1.82, 2.24) is 14.0 Å². The Morgan fingerprint density at radius 1 is 0.824 bits per heavy atom. The van der Waals surface area contributed by atoms with Gasteiger partial charge in [0.1, 0.15) is 5.75 Å². The van der Waals surface area contributed by atoms with E-state index in [-0.39, 0.29) is 18.8 Å². The van der Waals surface area contributed by atoms with Crippen molar-refractivity contribution in [1.29, 1.82) is 0 Å². The highest BCUT2D eigenvalue weighted by Crippen LogP contribution is 2.19. The van der Waals surface area contributed by atoms with E-state index < -0.39 is 17.4 Å². The highest BCUT2D eigenvalue weighted by molar-refractivity contribution is 5.77. The quantitative estimate of drug-likeness (QED) is 0.464. The molecule has 0 aliphatic carbocycles. The molecule has 0 fully saturated rings. The summed E-state index contributed by atoms with van der Waals surface area (Å²) in [6.07, 6.45) is 0.0528. The molecule has 7 heteroatoms. The zero-order chi connectivity index (χ0) is 23.7. The molecule has 2 heterocycles. The van der Waals surface area contributed by atoms with Gasteiger partial charge in [-0.25, -0.2) is 4.79 Å². The van der Waals surface area contributed by atoms with Crippen molar-refractivity contribution in [3.05, 3.63) is 110 Å².